The fraction of sp³-hybridized carbons (Fsp3) is 0.435. The lowest BCUT2D eigenvalue weighted by Gasteiger charge is -2.18. The highest BCUT2D eigenvalue weighted by Gasteiger charge is 2.19. The summed E-state index contributed by atoms with van der Waals surface area (Å²) in [6.45, 7) is 11.3. The van der Waals surface area contributed by atoms with E-state index in [4.69, 9.17) is 14.2 Å². The van der Waals surface area contributed by atoms with Gasteiger partial charge in [-0.05, 0) is 56.9 Å². The second kappa shape index (κ2) is 10.6. The lowest BCUT2D eigenvalue weighted by atomic mass is 10.0. The van der Waals surface area contributed by atoms with Crippen LogP contribution in [0.2, 0.25) is 0 Å². The van der Waals surface area contributed by atoms with Crippen molar-refractivity contribution < 1.29 is 19.0 Å². The molecule has 0 unspecified atom stereocenters. The van der Waals surface area contributed by atoms with Gasteiger partial charge in [0.25, 0.3) is 5.91 Å². The summed E-state index contributed by atoms with van der Waals surface area (Å²) < 4.78 is 17.2. The van der Waals surface area contributed by atoms with Crippen LogP contribution in [0, 0.1) is 0 Å². The maximum absolute atomic E-state index is 13.1. The number of aryl methyl sites for hydroxylation is 2. The van der Waals surface area contributed by atoms with E-state index < -0.39 is 0 Å². The number of nitrogens with one attached hydrogen (secondary N) is 1. The zero-order chi connectivity index (χ0) is 20.5. The van der Waals surface area contributed by atoms with Gasteiger partial charge in [0.1, 0.15) is 0 Å². The first kappa shape index (κ1) is 21.6. The Balaban J connectivity index is 2.45. The Kier molecular flexibility index (Phi) is 8.18. The summed E-state index contributed by atoms with van der Waals surface area (Å²) in [4.78, 5) is 13.1. The van der Waals surface area contributed by atoms with Crippen LogP contribution >= 0.6 is 0 Å². The standard InChI is InChI=1S/C23H31NO4/c1-6-16-12-11-13-17(7-2)21(16)24-23(25)18-14-19(26-8-3)22(28-10-5)20(15-18)27-9-4/h11-15H,6-10H2,1-5H3,(H,24,25). The van der Waals surface area contributed by atoms with Crippen molar-refractivity contribution in [2.24, 2.45) is 0 Å². The van der Waals surface area contributed by atoms with Gasteiger partial charge in [-0.15, -0.1) is 0 Å². The van der Waals surface area contributed by atoms with Gasteiger partial charge in [0.2, 0.25) is 5.75 Å². The molecular formula is C23H31NO4. The monoisotopic (exact) mass is 385 g/mol. The van der Waals surface area contributed by atoms with Gasteiger partial charge in [-0.25, -0.2) is 0 Å². The lowest BCUT2D eigenvalue weighted by Crippen LogP contribution is -2.16. The molecule has 0 saturated carbocycles. The Hall–Kier alpha value is -2.69. The van der Waals surface area contributed by atoms with E-state index in [0.29, 0.717) is 42.6 Å². The third-order valence-corrected chi connectivity index (χ3v) is 4.41. The summed E-state index contributed by atoms with van der Waals surface area (Å²) in [5.74, 6) is 1.37. The molecule has 1 amide bonds. The molecule has 0 bridgehead atoms. The topological polar surface area (TPSA) is 56.8 Å². The predicted octanol–water partition coefficient (Wildman–Crippen LogP) is 5.26. The molecule has 0 aliphatic rings. The Morgan fingerprint density at radius 1 is 0.821 bits per heavy atom. The number of rotatable bonds is 10. The first-order chi connectivity index (χ1) is 13.6. The molecule has 0 atom stereocenters. The fourth-order valence-corrected chi connectivity index (χ4v) is 3.11. The van der Waals surface area contributed by atoms with Crippen molar-refractivity contribution in [3.63, 3.8) is 0 Å². The molecule has 0 aliphatic carbocycles. The second-order valence-electron chi connectivity index (χ2n) is 6.21. The maximum Gasteiger partial charge on any atom is 0.255 e. The van der Waals surface area contributed by atoms with Gasteiger partial charge in [0.15, 0.2) is 11.5 Å². The molecule has 1 N–H and O–H groups in total. The highest BCUT2D eigenvalue weighted by atomic mass is 16.5. The molecular weight excluding hydrogens is 354 g/mol. The van der Waals surface area contributed by atoms with Crippen LogP contribution in [0.25, 0.3) is 0 Å². The van der Waals surface area contributed by atoms with E-state index in [-0.39, 0.29) is 5.91 Å². The summed E-state index contributed by atoms with van der Waals surface area (Å²) in [5, 5.41) is 3.10. The zero-order valence-electron chi connectivity index (χ0n) is 17.6. The molecule has 5 heteroatoms. The number of carbonyl (C=O) groups excluding carboxylic acids is 1. The van der Waals surface area contributed by atoms with Gasteiger partial charge < -0.3 is 19.5 Å². The number of para-hydroxylation sites is 1. The lowest BCUT2D eigenvalue weighted by molar-refractivity contribution is 0.102. The second-order valence-corrected chi connectivity index (χ2v) is 6.21. The van der Waals surface area contributed by atoms with E-state index in [1.165, 1.54) is 0 Å². The summed E-state index contributed by atoms with van der Waals surface area (Å²) in [5.41, 5.74) is 3.60. The van der Waals surface area contributed by atoms with Crippen LogP contribution < -0.4 is 19.5 Å². The average Bonchev–Trinajstić information content (AvgIpc) is 2.70. The minimum atomic E-state index is -0.194. The van der Waals surface area contributed by atoms with E-state index in [2.05, 4.69) is 19.2 Å². The molecule has 0 fully saturated rings. The molecule has 2 aromatic carbocycles. The maximum atomic E-state index is 13.1. The van der Waals surface area contributed by atoms with Crippen molar-refractivity contribution in [1.29, 1.82) is 0 Å². The number of hydrogen-bond donors (Lipinski definition) is 1. The smallest absolute Gasteiger partial charge is 0.255 e. The molecule has 2 aromatic rings. The highest BCUT2D eigenvalue weighted by Crippen LogP contribution is 2.39. The highest BCUT2D eigenvalue weighted by molar-refractivity contribution is 6.06. The van der Waals surface area contributed by atoms with Crippen molar-refractivity contribution in [1.82, 2.24) is 0 Å². The Morgan fingerprint density at radius 3 is 1.75 bits per heavy atom. The van der Waals surface area contributed by atoms with Crippen LogP contribution in [0.15, 0.2) is 30.3 Å². The van der Waals surface area contributed by atoms with Gasteiger partial charge in [-0.3, -0.25) is 4.79 Å². The largest absolute Gasteiger partial charge is 0.490 e. The van der Waals surface area contributed by atoms with E-state index in [9.17, 15) is 4.79 Å². The average molecular weight is 386 g/mol. The van der Waals surface area contributed by atoms with Crippen LogP contribution in [0.5, 0.6) is 17.2 Å². The Bertz CT molecular complexity index is 752. The van der Waals surface area contributed by atoms with Crippen LogP contribution in [0.1, 0.15) is 56.1 Å². The normalized spacial score (nSPS) is 10.5. The molecule has 0 heterocycles. The molecule has 152 valence electrons. The fourth-order valence-electron chi connectivity index (χ4n) is 3.11. The molecule has 0 spiro atoms. The number of ether oxygens (including phenoxy) is 3. The van der Waals surface area contributed by atoms with Crippen LogP contribution in [-0.2, 0) is 12.8 Å². The molecule has 5 nitrogen and oxygen atoms in total. The first-order valence-corrected chi connectivity index (χ1v) is 10.1. The van der Waals surface area contributed by atoms with E-state index in [1.54, 1.807) is 12.1 Å². The van der Waals surface area contributed by atoms with Gasteiger partial charge in [-0.2, -0.15) is 0 Å². The van der Waals surface area contributed by atoms with Gasteiger partial charge in [0, 0.05) is 11.3 Å². The third-order valence-electron chi connectivity index (χ3n) is 4.41. The number of benzene rings is 2. The Labute approximate surface area is 168 Å². The number of amides is 1. The molecule has 0 saturated heterocycles. The number of hydrogen-bond acceptors (Lipinski definition) is 4. The van der Waals surface area contributed by atoms with Crippen molar-refractivity contribution in [3.05, 3.63) is 47.0 Å². The van der Waals surface area contributed by atoms with Crippen molar-refractivity contribution in [3.8, 4) is 17.2 Å². The first-order valence-electron chi connectivity index (χ1n) is 10.1. The summed E-state index contributed by atoms with van der Waals surface area (Å²) in [7, 11) is 0. The van der Waals surface area contributed by atoms with Gasteiger partial charge in [0.05, 0.1) is 19.8 Å². The molecule has 0 aromatic heterocycles. The van der Waals surface area contributed by atoms with Crippen LogP contribution in [0.3, 0.4) is 0 Å². The number of anilines is 1. The van der Waals surface area contributed by atoms with Crippen LogP contribution in [-0.4, -0.2) is 25.7 Å². The van der Waals surface area contributed by atoms with E-state index in [0.717, 1.165) is 29.7 Å². The van der Waals surface area contributed by atoms with E-state index in [1.807, 2.05) is 39.0 Å². The third kappa shape index (κ3) is 4.97. The number of carbonyl (C=O) groups is 1. The molecule has 0 radical (unpaired) electrons. The Morgan fingerprint density at radius 2 is 1.32 bits per heavy atom. The van der Waals surface area contributed by atoms with Gasteiger partial charge in [-0.1, -0.05) is 32.0 Å². The van der Waals surface area contributed by atoms with Crippen molar-refractivity contribution >= 4 is 11.6 Å². The zero-order valence-corrected chi connectivity index (χ0v) is 17.6. The predicted molar refractivity (Wildman–Crippen MR) is 113 cm³/mol. The van der Waals surface area contributed by atoms with Crippen molar-refractivity contribution in [2.75, 3.05) is 25.1 Å². The van der Waals surface area contributed by atoms with E-state index >= 15 is 0 Å². The molecule has 2 rings (SSSR count). The summed E-state index contributed by atoms with van der Waals surface area (Å²) >= 11 is 0. The SMILES string of the molecule is CCOc1cc(C(=O)Nc2c(CC)cccc2CC)cc(OCC)c1OCC. The summed E-state index contributed by atoms with van der Waals surface area (Å²) in [6, 6.07) is 9.55. The minimum absolute atomic E-state index is 0.194. The molecule has 28 heavy (non-hydrogen) atoms. The summed E-state index contributed by atoms with van der Waals surface area (Å²) in [6.07, 6.45) is 1.70. The van der Waals surface area contributed by atoms with Gasteiger partial charge >= 0.3 is 0 Å². The van der Waals surface area contributed by atoms with Crippen molar-refractivity contribution in [2.45, 2.75) is 47.5 Å². The quantitative estimate of drug-likeness (QED) is 0.606. The molecule has 0 aliphatic heterocycles. The minimum Gasteiger partial charge on any atom is -0.490 e. The van der Waals surface area contributed by atoms with Crippen LogP contribution in [0.4, 0.5) is 5.69 Å².